The van der Waals surface area contributed by atoms with Crippen LogP contribution in [0.25, 0.3) is 0 Å². The quantitative estimate of drug-likeness (QED) is 0.398. The van der Waals surface area contributed by atoms with Crippen molar-refractivity contribution < 1.29 is 6.22 Å². The number of carbonyl (C=O) groups excluding carboxylic acids is 1. The molecule has 0 rings (SSSR count). The van der Waals surface area contributed by atoms with Gasteiger partial charge in [0.15, 0.2) is 6.19 Å². The first-order valence-corrected chi connectivity index (χ1v) is 2.37. The molecule has 8 heavy (non-hydrogen) atoms. The Labute approximate surface area is 49.8 Å². The molecule has 0 fully saturated rings. The zero-order valence-electron chi connectivity index (χ0n) is 4.93. The summed E-state index contributed by atoms with van der Waals surface area (Å²) in [5, 5.41) is 9.92. The van der Waals surface area contributed by atoms with Crippen LogP contribution in [0.2, 0.25) is 0 Å². The molecule has 0 unspecified atom stereocenters. The molecule has 0 atom stereocenters. The fourth-order valence-corrected chi connectivity index (χ4v) is 0.199. The number of nitrogens with zero attached hydrogens (tertiary/aromatic N) is 1. The SMILES string of the molecule is CC(C)C(=O)NC#N.[HH]. The van der Waals surface area contributed by atoms with Gasteiger partial charge in [0.2, 0.25) is 5.91 Å². The van der Waals surface area contributed by atoms with Crippen molar-refractivity contribution in [1.82, 2.24) is 5.32 Å². The van der Waals surface area contributed by atoms with E-state index in [1.807, 2.05) is 5.32 Å². The molecule has 1 N–H and O–H groups in total. The van der Waals surface area contributed by atoms with E-state index < -0.39 is 0 Å². The van der Waals surface area contributed by atoms with E-state index in [0.29, 0.717) is 0 Å². The lowest BCUT2D eigenvalue weighted by molar-refractivity contribution is -0.122. The van der Waals surface area contributed by atoms with Crippen LogP contribution in [0.4, 0.5) is 0 Å². The fraction of sp³-hybridized carbons (Fsp3) is 0.600. The smallest absolute Gasteiger partial charge is 0.235 e. The highest BCUT2D eigenvalue weighted by Gasteiger charge is 2.02. The molecule has 0 aromatic rings. The van der Waals surface area contributed by atoms with Crippen LogP contribution in [0.5, 0.6) is 0 Å². The van der Waals surface area contributed by atoms with Gasteiger partial charge in [0.05, 0.1) is 0 Å². The Kier molecular flexibility index (Phi) is 2.63. The molecule has 1 amide bonds. The number of amides is 1. The molecule has 0 bridgehead atoms. The molecule has 0 radical (unpaired) electrons. The zero-order chi connectivity index (χ0) is 6.57. The minimum Gasteiger partial charge on any atom is -0.274 e. The Morgan fingerprint density at radius 1 is 1.88 bits per heavy atom. The average Bonchev–Trinajstić information content (AvgIpc) is 1.67. The van der Waals surface area contributed by atoms with Crippen LogP contribution < -0.4 is 5.32 Å². The van der Waals surface area contributed by atoms with Crippen LogP contribution in [-0.4, -0.2) is 5.91 Å². The molecule has 0 spiro atoms. The van der Waals surface area contributed by atoms with Gasteiger partial charge in [0.25, 0.3) is 0 Å². The number of hydrogen-bond donors (Lipinski definition) is 1. The van der Waals surface area contributed by atoms with E-state index >= 15 is 0 Å². The Morgan fingerprint density at radius 2 is 2.38 bits per heavy atom. The van der Waals surface area contributed by atoms with Crippen LogP contribution in [-0.2, 0) is 4.79 Å². The van der Waals surface area contributed by atoms with Gasteiger partial charge in [0.1, 0.15) is 0 Å². The van der Waals surface area contributed by atoms with Crippen LogP contribution in [0.15, 0.2) is 0 Å². The summed E-state index contributed by atoms with van der Waals surface area (Å²) in [4.78, 5) is 10.4. The summed E-state index contributed by atoms with van der Waals surface area (Å²) in [6, 6.07) is 0. The van der Waals surface area contributed by atoms with Gasteiger partial charge < -0.3 is 0 Å². The summed E-state index contributed by atoms with van der Waals surface area (Å²) < 4.78 is 0. The highest BCUT2D eigenvalue weighted by atomic mass is 16.1. The molecular formula is C5H10N2O. The van der Waals surface area contributed by atoms with E-state index in [0.717, 1.165) is 0 Å². The van der Waals surface area contributed by atoms with Crippen molar-refractivity contribution in [1.29, 1.82) is 5.26 Å². The Balaban J connectivity index is 0. The first-order chi connectivity index (χ1) is 3.68. The summed E-state index contributed by atoms with van der Waals surface area (Å²) in [6.07, 6.45) is 1.55. The van der Waals surface area contributed by atoms with Crippen LogP contribution >= 0.6 is 0 Å². The highest BCUT2D eigenvalue weighted by molar-refractivity contribution is 5.79. The lowest BCUT2D eigenvalue weighted by atomic mass is 10.2. The highest BCUT2D eigenvalue weighted by Crippen LogP contribution is 1.87. The van der Waals surface area contributed by atoms with Crippen molar-refractivity contribution in [3.8, 4) is 6.19 Å². The largest absolute Gasteiger partial charge is 0.274 e. The van der Waals surface area contributed by atoms with Crippen molar-refractivity contribution in [2.75, 3.05) is 0 Å². The molecule has 0 saturated heterocycles. The van der Waals surface area contributed by atoms with Gasteiger partial charge >= 0.3 is 0 Å². The van der Waals surface area contributed by atoms with Crippen LogP contribution in [0.3, 0.4) is 0 Å². The van der Waals surface area contributed by atoms with Gasteiger partial charge in [-0.15, -0.1) is 0 Å². The number of hydrogen-bond acceptors (Lipinski definition) is 2. The van der Waals surface area contributed by atoms with Gasteiger partial charge in [-0.2, -0.15) is 5.26 Å². The normalized spacial score (nSPS) is 8.25. The van der Waals surface area contributed by atoms with E-state index in [4.69, 9.17) is 5.26 Å². The van der Waals surface area contributed by atoms with Gasteiger partial charge in [-0.1, -0.05) is 13.8 Å². The third kappa shape index (κ3) is 2.19. The molecule has 3 nitrogen and oxygen atoms in total. The number of nitrogens with one attached hydrogen (secondary N) is 1. The maximum absolute atomic E-state index is 10.4. The lowest BCUT2D eigenvalue weighted by Gasteiger charge is -1.96. The first kappa shape index (κ1) is 6.96. The number of carbonyl (C=O) groups is 1. The Hall–Kier alpha value is -1.04. The minimum absolute atomic E-state index is 0. The Bertz CT molecular complexity index is 127. The van der Waals surface area contributed by atoms with Gasteiger partial charge in [0, 0.05) is 7.34 Å². The van der Waals surface area contributed by atoms with Gasteiger partial charge in [-0.05, 0) is 0 Å². The van der Waals surface area contributed by atoms with Crippen LogP contribution in [0.1, 0.15) is 15.3 Å². The third-order valence-corrected chi connectivity index (χ3v) is 0.703. The third-order valence-electron chi connectivity index (χ3n) is 0.703. The Morgan fingerprint density at radius 3 is 2.50 bits per heavy atom. The topological polar surface area (TPSA) is 52.9 Å². The first-order valence-electron chi connectivity index (χ1n) is 2.37. The predicted molar refractivity (Wildman–Crippen MR) is 30.7 cm³/mol. The van der Waals surface area contributed by atoms with Crippen molar-refractivity contribution in [3.05, 3.63) is 0 Å². The molecular weight excluding hydrogens is 104 g/mol. The molecule has 0 aliphatic heterocycles. The molecule has 0 aromatic heterocycles. The summed E-state index contributed by atoms with van der Waals surface area (Å²) in [5.41, 5.74) is 0. The molecule has 0 aliphatic carbocycles. The number of rotatable bonds is 1. The lowest BCUT2D eigenvalue weighted by Crippen LogP contribution is -2.22. The van der Waals surface area contributed by atoms with Crippen molar-refractivity contribution in [2.24, 2.45) is 5.92 Å². The van der Waals surface area contributed by atoms with Gasteiger partial charge in [-0.3, -0.25) is 10.1 Å². The summed E-state index contributed by atoms with van der Waals surface area (Å²) >= 11 is 0. The second-order valence-corrected chi connectivity index (χ2v) is 1.76. The predicted octanol–water partition coefficient (Wildman–Crippen LogP) is 0.486. The summed E-state index contributed by atoms with van der Waals surface area (Å²) in [6.45, 7) is 3.46. The standard InChI is InChI=1S/C5H8N2O.H2/c1-4(2)5(8)7-3-6;/h4H,1-2H3,(H,7,8);1H. The van der Waals surface area contributed by atoms with E-state index in [-0.39, 0.29) is 13.3 Å². The van der Waals surface area contributed by atoms with Crippen molar-refractivity contribution >= 4 is 5.91 Å². The van der Waals surface area contributed by atoms with Crippen molar-refractivity contribution in [2.45, 2.75) is 13.8 Å². The van der Waals surface area contributed by atoms with Crippen LogP contribution in [0, 0.1) is 17.4 Å². The maximum atomic E-state index is 10.4. The monoisotopic (exact) mass is 114 g/mol. The summed E-state index contributed by atoms with van der Waals surface area (Å²) in [7, 11) is 0. The van der Waals surface area contributed by atoms with E-state index in [1.54, 1.807) is 20.0 Å². The maximum Gasteiger partial charge on any atom is 0.235 e. The molecule has 3 heteroatoms. The van der Waals surface area contributed by atoms with Crippen molar-refractivity contribution in [3.63, 3.8) is 0 Å². The molecule has 0 heterocycles. The number of nitriles is 1. The van der Waals surface area contributed by atoms with E-state index in [2.05, 4.69) is 0 Å². The fourth-order valence-electron chi connectivity index (χ4n) is 0.199. The van der Waals surface area contributed by atoms with E-state index in [1.165, 1.54) is 0 Å². The molecule has 0 saturated carbocycles. The summed E-state index contributed by atoms with van der Waals surface area (Å²) in [5.74, 6) is -0.331. The average molecular weight is 114 g/mol. The molecule has 46 valence electrons. The molecule has 0 aromatic carbocycles. The second kappa shape index (κ2) is 3.03. The zero-order valence-corrected chi connectivity index (χ0v) is 4.93. The van der Waals surface area contributed by atoms with Gasteiger partial charge in [-0.25, -0.2) is 0 Å². The minimum atomic E-state index is -0.229. The second-order valence-electron chi connectivity index (χ2n) is 1.76. The molecule has 0 aliphatic rings. The van der Waals surface area contributed by atoms with E-state index in [9.17, 15) is 4.79 Å².